The Kier molecular flexibility index (Phi) is 2.63. The first-order valence-corrected chi connectivity index (χ1v) is 5.29. The van der Waals surface area contributed by atoms with Gasteiger partial charge in [0.25, 0.3) is 0 Å². The molecule has 17 heavy (non-hydrogen) atoms. The summed E-state index contributed by atoms with van der Waals surface area (Å²) in [7, 11) is 0. The molecule has 5 heteroatoms. The zero-order chi connectivity index (χ0) is 12.6. The van der Waals surface area contributed by atoms with Crippen LogP contribution in [-0.4, -0.2) is 31.8 Å². The fraction of sp³-hybridized carbons (Fsp3) is 0.333. The van der Waals surface area contributed by atoms with Crippen molar-refractivity contribution in [3.05, 3.63) is 29.6 Å². The second-order valence-corrected chi connectivity index (χ2v) is 4.71. The van der Waals surface area contributed by atoms with Crippen LogP contribution in [0.15, 0.2) is 18.2 Å². The van der Waals surface area contributed by atoms with Gasteiger partial charge in [-0.1, -0.05) is 0 Å². The van der Waals surface area contributed by atoms with Crippen LogP contribution in [0.25, 0.3) is 11.0 Å². The molecule has 1 aromatic heterocycles. The second-order valence-electron chi connectivity index (χ2n) is 4.71. The smallest absolute Gasteiger partial charge is 0.335 e. The number of imidazole rings is 1. The summed E-state index contributed by atoms with van der Waals surface area (Å²) >= 11 is 0. The fourth-order valence-electron chi connectivity index (χ4n) is 1.69. The van der Waals surface area contributed by atoms with Crippen LogP contribution in [-0.2, 0) is 6.42 Å². The number of aromatic amines is 1. The normalized spacial score (nSPS) is 11.9. The van der Waals surface area contributed by atoms with Crippen molar-refractivity contribution >= 4 is 17.0 Å². The molecule has 0 aliphatic carbocycles. The van der Waals surface area contributed by atoms with Gasteiger partial charge in [-0.15, -0.1) is 0 Å². The maximum Gasteiger partial charge on any atom is 0.335 e. The van der Waals surface area contributed by atoms with Crippen LogP contribution < -0.4 is 0 Å². The second kappa shape index (κ2) is 3.85. The summed E-state index contributed by atoms with van der Waals surface area (Å²) in [6, 6.07) is 4.71. The summed E-state index contributed by atoms with van der Waals surface area (Å²) in [5.41, 5.74) is 0.748. The quantitative estimate of drug-likeness (QED) is 0.752. The predicted octanol–water partition coefficient (Wildman–Crippen LogP) is 1.57. The van der Waals surface area contributed by atoms with E-state index in [-0.39, 0.29) is 5.56 Å². The summed E-state index contributed by atoms with van der Waals surface area (Å²) in [6.07, 6.45) is 0.393. The molecule has 0 saturated carbocycles. The van der Waals surface area contributed by atoms with Gasteiger partial charge in [-0.25, -0.2) is 9.78 Å². The number of rotatable bonds is 3. The van der Waals surface area contributed by atoms with Crippen LogP contribution in [0.5, 0.6) is 0 Å². The van der Waals surface area contributed by atoms with E-state index in [1.165, 1.54) is 6.07 Å². The van der Waals surface area contributed by atoms with Crippen molar-refractivity contribution in [3.63, 3.8) is 0 Å². The molecule has 0 unspecified atom stereocenters. The first-order valence-electron chi connectivity index (χ1n) is 5.29. The molecule has 2 rings (SSSR count). The Morgan fingerprint density at radius 3 is 2.76 bits per heavy atom. The largest absolute Gasteiger partial charge is 0.478 e. The number of benzene rings is 1. The molecule has 5 nitrogen and oxygen atoms in total. The van der Waals surface area contributed by atoms with Crippen LogP contribution in [0.4, 0.5) is 0 Å². The number of H-pyrrole nitrogens is 1. The fourth-order valence-corrected chi connectivity index (χ4v) is 1.69. The Bertz CT molecular complexity index is 567. The van der Waals surface area contributed by atoms with E-state index >= 15 is 0 Å². The molecule has 0 aliphatic heterocycles. The Hall–Kier alpha value is -1.88. The molecule has 1 heterocycles. The number of aromatic nitrogens is 2. The monoisotopic (exact) mass is 234 g/mol. The average molecular weight is 234 g/mol. The molecule has 0 fully saturated rings. The van der Waals surface area contributed by atoms with E-state index in [1.54, 1.807) is 26.0 Å². The zero-order valence-electron chi connectivity index (χ0n) is 9.69. The number of carboxylic acids is 1. The summed E-state index contributed by atoms with van der Waals surface area (Å²) in [5, 5.41) is 18.5. The van der Waals surface area contributed by atoms with E-state index < -0.39 is 11.6 Å². The lowest BCUT2D eigenvalue weighted by atomic mass is 10.1. The summed E-state index contributed by atoms with van der Waals surface area (Å²) < 4.78 is 0. The summed E-state index contributed by atoms with van der Waals surface area (Å²) in [4.78, 5) is 18.1. The van der Waals surface area contributed by atoms with Crippen molar-refractivity contribution in [3.8, 4) is 0 Å². The van der Waals surface area contributed by atoms with Gasteiger partial charge in [0.2, 0.25) is 0 Å². The Morgan fingerprint density at radius 2 is 2.18 bits per heavy atom. The molecule has 2 aromatic rings. The van der Waals surface area contributed by atoms with E-state index in [0.29, 0.717) is 23.3 Å². The molecule has 0 amide bonds. The van der Waals surface area contributed by atoms with Crippen LogP contribution in [0, 0.1) is 0 Å². The Morgan fingerprint density at radius 1 is 1.47 bits per heavy atom. The van der Waals surface area contributed by atoms with Gasteiger partial charge in [-0.05, 0) is 32.0 Å². The van der Waals surface area contributed by atoms with Gasteiger partial charge in [0.1, 0.15) is 5.82 Å². The van der Waals surface area contributed by atoms with Gasteiger partial charge in [0.05, 0.1) is 22.2 Å². The van der Waals surface area contributed by atoms with Crippen LogP contribution in [0.1, 0.15) is 30.0 Å². The number of carbonyl (C=O) groups is 1. The first kappa shape index (κ1) is 11.6. The molecule has 0 atom stereocenters. The number of hydrogen-bond acceptors (Lipinski definition) is 3. The predicted molar refractivity (Wildman–Crippen MR) is 63.1 cm³/mol. The van der Waals surface area contributed by atoms with Crippen LogP contribution >= 0.6 is 0 Å². The molecule has 0 radical (unpaired) electrons. The minimum Gasteiger partial charge on any atom is -0.478 e. The summed E-state index contributed by atoms with van der Waals surface area (Å²) in [6.45, 7) is 3.39. The van der Waals surface area contributed by atoms with E-state index in [0.717, 1.165) is 0 Å². The van der Waals surface area contributed by atoms with Crippen LogP contribution in [0.2, 0.25) is 0 Å². The highest BCUT2D eigenvalue weighted by Crippen LogP contribution is 2.17. The van der Waals surface area contributed by atoms with E-state index in [4.69, 9.17) is 5.11 Å². The Labute approximate surface area is 98.1 Å². The number of carboxylic acid groups (broad SMARTS) is 1. The number of nitrogens with zero attached hydrogens (tertiary/aromatic N) is 1. The van der Waals surface area contributed by atoms with Gasteiger partial charge in [0.15, 0.2) is 0 Å². The third kappa shape index (κ3) is 2.62. The molecule has 0 bridgehead atoms. The first-order chi connectivity index (χ1) is 7.85. The van der Waals surface area contributed by atoms with Crippen molar-refractivity contribution in [2.45, 2.75) is 25.9 Å². The molecular formula is C12H14N2O3. The van der Waals surface area contributed by atoms with Crippen LogP contribution in [0.3, 0.4) is 0 Å². The van der Waals surface area contributed by atoms with E-state index in [1.807, 2.05) is 0 Å². The highest BCUT2D eigenvalue weighted by atomic mass is 16.4. The van der Waals surface area contributed by atoms with Crippen molar-refractivity contribution in [2.75, 3.05) is 0 Å². The standard InChI is InChI=1S/C12H14N2O3/c1-12(2,17)6-10-13-8-4-3-7(11(15)16)5-9(8)14-10/h3-5,17H,6H2,1-2H3,(H,13,14)(H,15,16). The van der Waals surface area contributed by atoms with E-state index in [2.05, 4.69) is 9.97 Å². The number of hydrogen-bond donors (Lipinski definition) is 3. The Balaban J connectivity index is 2.40. The third-order valence-electron chi connectivity index (χ3n) is 2.38. The molecule has 90 valence electrons. The lowest BCUT2D eigenvalue weighted by molar-refractivity contribution is 0.0696. The number of aliphatic hydroxyl groups is 1. The molecule has 0 aliphatic rings. The van der Waals surface area contributed by atoms with Crippen molar-refractivity contribution in [1.82, 2.24) is 9.97 Å². The van der Waals surface area contributed by atoms with Crippen molar-refractivity contribution in [2.24, 2.45) is 0 Å². The number of fused-ring (bicyclic) bond motifs is 1. The number of aromatic carboxylic acids is 1. The van der Waals surface area contributed by atoms with Gasteiger partial charge in [-0.2, -0.15) is 0 Å². The molecular weight excluding hydrogens is 220 g/mol. The minimum atomic E-state index is -0.967. The highest BCUT2D eigenvalue weighted by Gasteiger charge is 2.16. The highest BCUT2D eigenvalue weighted by molar-refractivity contribution is 5.92. The topological polar surface area (TPSA) is 86.2 Å². The zero-order valence-corrected chi connectivity index (χ0v) is 9.69. The third-order valence-corrected chi connectivity index (χ3v) is 2.38. The lowest BCUT2D eigenvalue weighted by Crippen LogP contribution is -2.22. The number of nitrogens with one attached hydrogen (secondary N) is 1. The molecule has 0 saturated heterocycles. The van der Waals surface area contributed by atoms with Gasteiger partial charge >= 0.3 is 5.97 Å². The average Bonchev–Trinajstić information content (AvgIpc) is 2.54. The van der Waals surface area contributed by atoms with E-state index in [9.17, 15) is 9.90 Å². The van der Waals surface area contributed by atoms with Crippen molar-refractivity contribution in [1.29, 1.82) is 0 Å². The summed E-state index contributed by atoms with van der Waals surface area (Å²) in [5.74, 6) is -0.319. The maximum atomic E-state index is 10.8. The molecule has 3 N–H and O–H groups in total. The van der Waals surface area contributed by atoms with Gasteiger partial charge in [0, 0.05) is 6.42 Å². The lowest BCUT2D eigenvalue weighted by Gasteiger charge is -2.14. The minimum absolute atomic E-state index is 0.218. The molecule has 0 spiro atoms. The SMILES string of the molecule is CC(C)(O)Cc1nc2ccc(C(=O)O)cc2[nH]1. The maximum absolute atomic E-state index is 10.8. The van der Waals surface area contributed by atoms with Crippen molar-refractivity contribution < 1.29 is 15.0 Å². The van der Waals surface area contributed by atoms with Gasteiger partial charge < -0.3 is 15.2 Å². The van der Waals surface area contributed by atoms with Gasteiger partial charge in [-0.3, -0.25) is 0 Å². The molecule has 1 aromatic carbocycles.